The summed E-state index contributed by atoms with van der Waals surface area (Å²) in [4.78, 5) is 42.6. The van der Waals surface area contributed by atoms with Crippen LogP contribution < -0.4 is 21.4 Å². The zero-order valence-corrected chi connectivity index (χ0v) is 21.6. The second-order valence-electron chi connectivity index (χ2n) is 9.02. The van der Waals surface area contributed by atoms with Gasteiger partial charge in [0.2, 0.25) is 5.95 Å². The summed E-state index contributed by atoms with van der Waals surface area (Å²) in [5.74, 6) is -0.0386. The first-order valence-corrected chi connectivity index (χ1v) is 11.9. The number of aromatic nitrogens is 3. The molecule has 0 aliphatic carbocycles. The molecule has 3 aromatic rings. The lowest BCUT2D eigenvalue weighted by Crippen LogP contribution is -2.46. The molecule has 0 amide bonds. The summed E-state index contributed by atoms with van der Waals surface area (Å²) in [5.41, 5.74) is 1.20. The third-order valence-corrected chi connectivity index (χ3v) is 6.18. The summed E-state index contributed by atoms with van der Waals surface area (Å²) < 4.78 is 8.10. The Balaban J connectivity index is 2.10. The van der Waals surface area contributed by atoms with E-state index in [1.807, 2.05) is 45.0 Å². The zero-order chi connectivity index (χ0) is 25.9. The highest BCUT2D eigenvalue weighted by Crippen LogP contribution is 2.29. The molecule has 8 nitrogen and oxygen atoms in total. The molecule has 0 spiro atoms. The van der Waals surface area contributed by atoms with Crippen molar-refractivity contribution in [2.24, 2.45) is 5.92 Å². The zero-order valence-electron chi connectivity index (χ0n) is 20.8. The van der Waals surface area contributed by atoms with Crippen LogP contribution >= 0.6 is 11.6 Å². The molecule has 0 fully saturated rings. The fourth-order valence-corrected chi connectivity index (χ4v) is 3.82. The second kappa shape index (κ2) is 10.9. The number of Topliss-reactive ketones (excluding diaryl/α,β-unsaturated/α-hetero) is 1. The van der Waals surface area contributed by atoms with Crippen molar-refractivity contribution in [2.45, 2.75) is 60.2 Å². The van der Waals surface area contributed by atoms with Crippen molar-refractivity contribution in [3.63, 3.8) is 0 Å². The monoisotopic (exact) mass is 498 g/mol. The fraction of sp³-hybridized carbons (Fsp3) is 0.385. The number of ether oxygens (including phenoxy) is 1. The lowest BCUT2D eigenvalue weighted by Gasteiger charge is -2.22. The molecule has 0 bridgehead atoms. The summed E-state index contributed by atoms with van der Waals surface area (Å²) in [6.07, 6.45) is -0.0420. The first-order valence-electron chi connectivity index (χ1n) is 11.5. The summed E-state index contributed by atoms with van der Waals surface area (Å²) >= 11 is 6.37. The van der Waals surface area contributed by atoms with E-state index in [1.165, 1.54) is 11.5 Å². The number of nitrogens with zero attached hydrogens (tertiary/aromatic N) is 3. The summed E-state index contributed by atoms with van der Waals surface area (Å²) in [7, 11) is 0. The van der Waals surface area contributed by atoms with Crippen molar-refractivity contribution in [2.75, 3.05) is 5.32 Å². The Morgan fingerprint density at radius 1 is 1.09 bits per heavy atom. The molecule has 0 unspecified atom stereocenters. The highest BCUT2D eigenvalue weighted by molar-refractivity contribution is 6.32. The average molecular weight is 499 g/mol. The predicted molar refractivity (Wildman–Crippen MR) is 138 cm³/mol. The number of carbonyl (C=O) groups excluding carboxylic acids is 1. The minimum atomic E-state index is -0.732. The van der Waals surface area contributed by atoms with Gasteiger partial charge in [0.25, 0.3) is 0 Å². The van der Waals surface area contributed by atoms with Crippen LogP contribution in [0.2, 0.25) is 5.02 Å². The lowest BCUT2D eigenvalue weighted by atomic mass is 10.00. The molecule has 1 N–H and O–H groups in total. The van der Waals surface area contributed by atoms with Gasteiger partial charge >= 0.3 is 11.4 Å². The Hall–Kier alpha value is -3.39. The second-order valence-corrected chi connectivity index (χ2v) is 9.43. The van der Waals surface area contributed by atoms with Gasteiger partial charge in [-0.1, -0.05) is 48.4 Å². The highest BCUT2D eigenvalue weighted by Gasteiger charge is 2.24. The van der Waals surface area contributed by atoms with Gasteiger partial charge < -0.3 is 10.1 Å². The first-order chi connectivity index (χ1) is 16.5. The fourth-order valence-electron chi connectivity index (χ4n) is 3.59. The van der Waals surface area contributed by atoms with E-state index in [0.717, 1.165) is 15.7 Å². The molecule has 0 saturated carbocycles. The molecular formula is C26H31ClN4O4. The third kappa shape index (κ3) is 6.19. The van der Waals surface area contributed by atoms with Crippen LogP contribution in [0.3, 0.4) is 0 Å². The number of anilines is 2. The number of carbonyl (C=O) groups is 1. The summed E-state index contributed by atoms with van der Waals surface area (Å²) in [5, 5.41) is 3.44. The van der Waals surface area contributed by atoms with Crippen molar-refractivity contribution in [1.82, 2.24) is 14.1 Å². The van der Waals surface area contributed by atoms with Crippen molar-refractivity contribution in [1.29, 1.82) is 0 Å². The molecule has 0 saturated heterocycles. The van der Waals surface area contributed by atoms with Crippen molar-refractivity contribution in [3.05, 3.63) is 79.6 Å². The van der Waals surface area contributed by atoms with Crippen molar-refractivity contribution >= 4 is 29.0 Å². The Labute approximate surface area is 209 Å². The van der Waals surface area contributed by atoms with E-state index in [9.17, 15) is 14.4 Å². The van der Waals surface area contributed by atoms with Gasteiger partial charge in [-0.05, 0) is 58.4 Å². The van der Waals surface area contributed by atoms with E-state index < -0.39 is 23.3 Å². The molecule has 0 aliphatic heterocycles. The molecular weight excluding hydrogens is 468 g/mol. The van der Waals surface area contributed by atoms with Gasteiger partial charge in [-0.15, -0.1) is 0 Å². The lowest BCUT2D eigenvalue weighted by molar-refractivity contribution is -0.121. The van der Waals surface area contributed by atoms with Gasteiger partial charge in [-0.2, -0.15) is 4.98 Å². The average Bonchev–Trinajstić information content (AvgIpc) is 2.78. The smallest absolute Gasteiger partial charge is 0.355 e. The Kier molecular flexibility index (Phi) is 8.17. The largest absolute Gasteiger partial charge is 0.489 e. The van der Waals surface area contributed by atoms with E-state index in [2.05, 4.69) is 10.3 Å². The number of nitrogens with one attached hydrogen (secondary N) is 1. The molecule has 1 heterocycles. The molecule has 9 heteroatoms. The maximum absolute atomic E-state index is 13.6. The van der Waals surface area contributed by atoms with Crippen LogP contribution in [0.5, 0.6) is 5.75 Å². The van der Waals surface area contributed by atoms with Gasteiger partial charge in [-0.25, -0.2) is 14.2 Å². The number of hydrogen-bond donors (Lipinski definition) is 1. The highest BCUT2D eigenvalue weighted by atomic mass is 35.5. The standard InChI is InChI=1S/C26H31ClN4O4/c1-15(2)35-23-12-11-21(13-22(23)27)28-24-29-25(33)31(18(5)17(4)19(6)32)26(34)30(24)14-20-9-7-16(3)8-10-20/h7-13,15,17-18H,14H2,1-6H3,(H,28,29,33)/t17-,18+/m1/s1. The van der Waals surface area contributed by atoms with Crippen LogP contribution in [0.15, 0.2) is 52.1 Å². The van der Waals surface area contributed by atoms with Gasteiger partial charge in [-0.3, -0.25) is 9.36 Å². The molecule has 0 aliphatic rings. The van der Waals surface area contributed by atoms with E-state index in [-0.39, 0.29) is 24.4 Å². The normalized spacial score (nSPS) is 12.9. The van der Waals surface area contributed by atoms with Crippen LogP contribution in [0, 0.1) is 12.8 Å². The Morgan fingerprint density at radius 2 is 1.74 bits per heavy atom. The van der Waals surface area contributed by atoms with Gasteiger partial charge in [0.15, 0.2) is 0 Å². The van der Waals surface area contributed by atoms with Gasteiger partial charge in [0.05, 0.1) is 17.7 Å². The Bertz CT molecular complexity index is 1330. The number of hydrogen-bond acceptors (Lipinski definition) is 6. The molecule has 2 aromatic carbocycles. The number of ketones is 1. The van der Waals surface area contributed by atoms with Gasteiger partial charge in [0, 0.05) is 17.6 Å². The summed E-state index contributed by atoms with van der Waals surface area (Å²) in [6.45, 7) is 10.8. The van der Waals surface area contributed by atoms with E-state index in [0.29, 0.717) is 16.5 Å². The Morgan fingerprint density at radius 3 is 2.31 bits per heavy atom. The topological polar surface area (TPSA) is 95.2 Å². The molecule has 0 radical (unpaired) electrons. The van der Waals surface area contributed by atoms with Crippen LogP contribution in [0.4, 0.5) is 11.6 Å². The minimum Gasteiger partial charge on any atom is -0.489 e. The van der Waals surface area contributed by atoms with E-state index in [1.54, 1.807) is 32.0 Å². The van der Waals surface area contributed by atoms with Crippen molar-refractivity contribution < 1.29 is 9.53 Å². The van der Waals surface area contributed by atoms with Gasteiger partial charge in [0.1, 0.15) is 11.5 Å². The predicted octanol–water partition coefficient (Wildman–Crippen LogP) is 4.73. The number of halogens is 1. The van der Waals surface area contributed by atoms with Crippen LogP contribution in [0.25, 0.3) is 0 Å². The molecule has 186 valence electrons. The quantitative estimate of drug-likeness (QED) is 0.458. The molecule has 1 aromatic heterocycles. The number of aryl methyl sites for hydroxylation is 1. The minimum absolute atomic E-state index is 0.0420. The van der Waals surface area contributed by atoms with E-state index >= 15 is 0 Å². The molecule has 2 atom stereocenters. The summed E-state index contributed by atoms with van der Waals surface area (Å²) in [6, 6.07) is 12.2. The molecule has 3 rings (SSSR count). The maximum Gasteiger partial charge on any atom is 0.355 e. The van der Waals surface area contributed by atoms with Crippen LogP contribution in [-0.4, -0.2) is 26.0 Å². The van der Waals surface area contributed by atoms with E-state index in [4.69, 9.17) is 16.3 Å². The molecule has 35 heavy (non-hydrogen) atoms. The van der Waals surface area contributed by atoms with Crippen LogP contribution in [0.1, 0.15) is 51.8 Å². The SMILES string of the molecule is CC(=O)[C@H](C)[C@H](C)n1c(=O)nc(Nc2ccc(OC(C)C)c(Cl)c2)n(Cc2ccc(C)cc2)c1=O. The third-order valence-electron chi connectivity index (χ3n) is 5.88. The van der Waals surface area contributed by atoms with Crippen molar-refractivity contribution in [3.8, 4) is 5.75 Å². The number of rotatable bonds is 9. The van der Waals surface area contributed by atoms with Crippen LogP contribution in [-0.2, 0) is 11.3 Å². The first kappa shape index (κ1) is 26.2. The maximum atomic E-state index is 13.6. The number of benzene rings is 2.